The first-order valence-corrected chi connectivity index (χ1v) is 6.86. The second kappa shape index (κ2) is 6.49. The summed E-state index contributed by atoms with van der Waals surface area (Å²) in [6.07, 6.45) is 0. The predicted octanol–water partition coefficient (Wildman–Crippen LogP) is 2.37. The Hall–Kier alpha value is -1.92. The minimum Gasteiger partial charge on any atom is -0.348 e. The maximum atomic E-state index is 12.1. The average Bonchev–Trinajstić information content (AvgIpc) is 2.44. The standard InChI is InChI=1S/C14H15BrN4O/c1-9-5-11(7-13(18-9)19-16)14(20)17-8-10-3-2-4-12(15)6-10/h2-7H,8,16H2,1H3,(H,17,20)(H,18,19). The quantitative estimate of drug-likeness (QED) is 0.592. The van der Waals surface area contributed by atoms with E-state index < -0.39 is 0 Å². The highest BCUT2D eigenvalue weighted by atomic mass is 79.9. The Morgan fingerprint density at radius 1 is 1.35 bits per heavy atom. The van der Waals surface area contributed by atoms with Crippen molar-refractivity contribution in [3.63, 3.8) is 0 Å². The van der Waals surface area contributed by atoms with Crippen LogP contribution in [0.15, 0.2) is 40.9 Å². The number of aryl methyl sites for hydroxylation is 1. The van der Waals surface area contributed by atoms with Crippen molar-refractivity contribution in [3.8, 4) is 0 Å². The van der Waals surface area contributed by atoms with E-state index in [2.05, 4.69) is 31.7 Å². The molecule has 0 saturated carbocycles. The van der Waals surface area contributed by atoms with Crippen LogP contribution in [-0.2, 0) is 6.54 Å². The van der Waals surface area contributed by atoms with E-state index in [0.29, 0.717) is 17.9 Å². The fraction of sp³-hybridized carbons (Fsp3) is 0.143. The Labute approximate surface area is 125 Å². The van der Waals surface area contributed by atoms with Crippen molar-refractivity contribution in [3.05, 3.63) is 57.7 Å². The number of nitrogens with zero attached hydrogens (tertiary/aromatic N) is 1. The predicted molar refractivity (Wildman–Crippen MR) is 82.1 cm³/mol. The van der Waals surface area contributed by atoms with Crippen molar-refractivity contribution in [1.82, 2.24) is 10.3 Å². The topological polar surface area (TPSA) is 80.0 Å². The van der Waals surface area contributed by atoms with Gasteiger partial charge in [0.15, 0.2) is 0 Å². The SMILES string of the molecule is Cc1cc(C(=O)NCc2cccc(Br)c2)cc(NN)n1. The van der Waals surface area contributed by atoms with Gasteiger partial charge in [-0.25, -0.2) is 10.8 Å². The van der Waals surface area contributed by atoms with E-state index in [1.54, 1.807) is 12.1 Å². The Morgan fingerprint density at radius 2 is 2.15 bits per heavy atom. The maximum absolute atomic E-state index is 12.1. The molecule has 2 aromatic rings. The van der Waals surface area contributed by atoms with Gasteiger partial charge >= 0.3 is 0 Å². The largest absolute Gasteiger partial charge is 0.348 e. The third-order valence-corrected chi connectivity index (χ3v) is 3.20. The van der Waals surface area contributed by atoms with Crippen molar-refractivity contribution in [1.29, 1.82) is 0 Å². The molecule has 1 aromatic carbocycles. The number of amides is 1. The minimum absolute atomic E-state index is 0.160. The summed E-state index contributed by atoms with van der Waals surface area (Å²) in [5, 5.41) is 2.86. The van der Waals surface area contributed by atoms with Gasteiger partial charge in [0.2, 0.25) is 0 Å². The fourth-order valence-corrected chi connectivity index (χ4v) is 2.25. The number of benzene rings is 1. The van der Waals surface area contributed by atoms with Gasteiger partial charge in [-0.1, -0.05) is 28.1 Å². The zero-order valence-electron chi connectivity index (χ0n) is 11.0. The van der Waals surface area contributed by atoms with E-state index in [1.807, 2.05) is 31.2 Å². The number of hydrogen-bond donors (Lipinski definition) is 3. The summed E-state index contributed by atoms with van der Waals surface area (Å²) < 4.78 is 0.985. The maximum Gasteiger partial charge on any atom is 0.251 e. The number of pyridine rings is 1. The number of carbonyl (C=O) groups excluding carboxylic acids is 1. The molecule has 0 bridgehead atoms. The molecular formula is C14H15BrN4O. The van der Waals surface area contributed by atoms with Gasteiger partial charge in [0.25, 0.3) is 5.91 Å². The van der Waals surface area contributed by atoms with Gasteiger partial charge in [-0.05, 0) is 36.8 Å². The molecule has 6 heteroatoms. The van der Waals surface area contributed by atoms with Crippen LogP contribution in [0.3, 0.4) is 0 Å². The first-order valence-electron chi connectivity index (χ1n) is 6.06. The van der Waals surface area contributed by atoms with Crippen LogP contribution in [0.1, 0.15) is 21.6 Å². The molecule has 20 heavy (non-hydrogen) atoms. The Kier molecular flexibility index (Phi) is 4.70. The lowest BCUT2D eigenvalue weighted by Crippen LogP contribution is -2.23. The summed E-state index contributed by atoms with van der Waals surface area (Å²) in [4.78, 5) is 16.2. The highest BCUT2D eigenvalue weighted by Gasteiger charge is 2.08. The normalized spacial score (nSPS) is 10.2. The highest BCUT2D eigenvalue weighted by molar-refractivity contribution is 9.10. The second-order valence-electron chi connectivity index (χ2n) is 4.34. The summed E-state index contributed by atoms with van der Waals surface area (Å²) in [6, 6.07) is 11.1. The number of nitrogen functional groups attached to an aromatic ring is 1. The molecule has 0 unspecified atom stereocenters. The Balaban J connectivity index is 2.07. The van der Waals surface area contributed by atoms with Gasteiger partial charge in [-0.3, -0.25) is 4.79 Å². The minimum atomic E-state index is -0.160. The van der Waals surface area contributed by atoms with E-state index in [9.17, 15) is 4.79 Å². The van der Waals surface area contributed by atoms with Gasteiger partial charge in [0.1, 0.15) is 5.82 Å². The van der Waals surface area contributed by atoms with Crippen LogP contribution < -0.4 is 16.6 Å². The smallest absolute Gasteiger partial charge is 0.251 e. The molecule has 0 fully saturated rings. The number of aromatic nitrogens is 1. The van der Waals surface area contributed by atoms with Crippen LogP contribution in [0.5, 0.6) is 0 Å². The molecule has 0 aliphatic carbocycles. The molecule has 0 aliphatic rings. The third kappa shape index (κ3) is 3.79. The summed E-state index contributed by atoms with van der Waals surface area (Å²) in [7, 11) is 0. The van der Waals surface area contributed by atoms with Crippen LogP contribution >= 0.6 is 15.9 Å². The lowest BCUT2D eigenvalue weighted by Gasteiger charge is -2.08. The van der Waals surface area contributed by atoms with Crippen molar-refractivity contribution >= 4 is 27.7 Å². The molecular weight excluding hydrogens is 320 g/mol. The van der Waals surface area contributed by atoms with Crippen LogP contribution in [0.2, 0.25) is 0 Å². The van der Waals surface area contributed by atoms with Gasteiger partial charge in [0, 0.05) is 22.3 Å². The average molecular weight is 335 g/mol. The number of hydrazine groups is 1. The van der Waals surface area contributed by atoms with Crippen LogP contribution in [0.25, 0.3) is 0 Å². The van der Waals surface area contributed by atoms with E-state index in [0.717, 1.165) is 15.7 Å². The van der Waals surface area contributed by atoms with Gasteiger partial charge in [0.05, 0.1) is 0 Å². The zero-order valence-corrected chi connectivity index (χ0v) is 12.6. The van der Waals surface area contributed by atoms with Crippen molar-refractivity contribution in [2.45, 2.75) is 13.5 Å². The number of hydrogen-bond acceptors (Lipinski definition) is 4. The summed E-state index contributed by atoms with van der Waals surface area (Å²) in [5.74, 6) is 5.63. The first-order chi connectivity index (χ1) is 9.58. The first kappa shape index (κ1) is 14.5. The molecule has 0 spiro atoms. The zero-order chi connectivity index (χ0) is 14.5. The number of carbonyl (C=O) groups is 1. The van der Waals surface area contributed by atoms with Gasteiger partial charge in [-0.2, -0.15) is 0 Å². The molecule has 2 rings (SSSR count). The summed E-state index contributed by atoms with van der Waals surface area (Å²) in [5.41, 5.74) is 4.73. The van der Waals surface area contributed by atoms with Crippen LogP contribution in [0, 0.1) is 6.92 Å². The Bertz CT molecular complexity index is 630. The monoisotopic (exact) mass is 334 g/mol. The molecule has 1 amide bonds. The lowest BCUT2D eigenvalue weighted by molar-refractivity contribution is 0.0950. The number of anilines is 1. The molecule has 0 saturated heterocycles. The number of rotatable bonds is 4. The molecule has 4 N–H and O–H groups in total. The second-order valence-corrected chi connectivity index (χ2v) is 5.26. The Morgan fingerprint density at radius 3 is 2.85 bits per heavy atom. The molecule has 5 nitrogen and oxygen atoms in total. The lowest BCUT2D eigenvalue weighted by atomic mass is 10.2. The molecule has 0 radical (unpaired) electrons. The van der Waals surface area contributed by atoms with Gasteiger partial charge in [-0.15, -0.1) is 0 Å². The van der Waals surface area contributed by atoms with E-state index in [4.69, 9.17) is 5.84 Å². The fourth-order valence-electron chi connectivity index (χ4n) is 1.80. The summed E-state index contributed by atoms with van der Waals surface area (Å²) in [6.45, 7) is 2.27. The molecule has 1 aromatic heterocycles. The third-order valence-electron chi connectivity index (χ3n) is 2.71. The molecule has 0 atom stereocenters. The molecule has 1 heterocycles. The van der Waals surface area contributed by atoms with Crippen molar-refractivity contribution in [2.75, 3.05) is 5.43 Å². The molecule has 104 valence electrons. The van der Waals surface area contributed by atoms with Crippen LogP contribution in [-0.4, -0.2) is 10.9 Å². The van der Waals surface area contributed by atoms with Crippen molar-refractivity contribution < 1.29 is 4.79 Å². The van der Waals surface area contributed by atoms with Crippen molar-refractivity contribution in [2.24, 2.45) is 5.84 Å². The highest BCUT2D eigenvalue weighted by Crippen LogP contribution is 2.12. The van der Waals surface area contributed by atoms with Gasteiger partial charge < -0.3 is 10.7 Å². The van der Waals surface area contributed by atoms with E-state index in [1.165, 1.54) is 0 Å². The number of halogens is 1. The molecule has 0 aliphatic heterocycles. The van der Waals surface area contributed by atoms with Crippen LogP contribution in [0.4, 0.5) is 5.82 Å². The number of nitrogens with two attached hydrogens (primary N) is 1. The van der Waals surface area contributed by atoms with E-state index >= 15 is 0 Å². The summed E-state index contributed by atoms with van der Waals surface area (Å²) >= 11 is 3.40. The number of nitrogens with one attached hydrogen (secondary N) is 2. The van der Waals surface area contributed by atoms with E-state index in [-0.39, 0.29) is 5.91 Å².